The number of benzene rings is 2. The predicted molar refractivity (Wildman–Crippen MR) is 133 cm³/mol. The summed E-state index contributed by atoms with van der Waals surface area (Å²) in [5.41, 5.74) is 8.72. The van der Waals surface area contributed by atoms with Crippen molar-refractivity contribution < 1.29 is 9.90 Å². The van der Waals surface area contributed by atoms with E-state index in [1.165, 1.54) is 40.7 Å². The molecule has 1 aliphatic carbocycles. The number of carboxylic acid groups (broad SMARTS) is 1. The maximum atomic E-state index is 11.1. The molecule has 0 saturated carbocycles. The molecule has 1 N–H and O–H groups in total. The fraction of sp³-hybridized carbons (Fsp3) is 0.464. The smallest absolute Gasteiger partial charge is 0.335 e. The number of fused-ring (bicyclic) bond motifs is 1. The van der Waals surface area contributed by atoms with Gasteiger partial charge >= 0.3 is 5.97 Å². The largest absolute Gasteiger partial charge is 0.478 e. The Morgan fingerprint density at radius 2 is 1.52 bits per heavy atom. The molecule has 0 fully saturated rings. The van der Waals surface area contributed by atoms with Crippen molar-refractivity contribution in [1.82, 2.24) is 0 Å². The summed E-state index contributed by atoms with van der Waals surface area (Å²) in [6.07, 6.45) is 5.66. The molecule has 2 aromatic rings. The van der Waals surface area contributed by atoms with Crippen molar-refractivity contribution in [2.45, 2.75) is 78.6 Å². The summed E-state index contributed by atoms with van der Waals surface area (Å²) in [5, 5.41) is 9.14. The molecule has 161 valence electrons. The van der Waals surface area contributed by atoms with Crippen molar-refractivity contribution in [1.29, 1.82) is 0 Å². The molecular weight excluding hydrogens is 391 g/mol. The maximum Gasteiger partial charge on any atom is 0.335 e. The summed E-state index contributed by atoms with van der Waals surface area (Å²) in [7, 11) is 0. The van der Waals surface area contributed by atoms with Gasteiger partial charge in [-0.15, -0.1) is 0 Å². The molecule has 0 unspecified atom stereocenters. The summed E-state index contributed by atoms with van der Waals surface area (Å²) in [6.45, 7) is 16.2. The van der Waals surface area contributed by atoms with Crippen molar-refractivity contribution in [3.8, 4) is 0 Å². The van der Waals surface area contributed by atoms with Crippen LogP contribution in [0.25, 0.3) is 11.6 Å². The minimum absolute atomic E-state index is 0. The van der Waals surface area contributed by atoms with Gasteiger partial charge in [-0.1, -0.05) is 71.9 Å². The van der Waals surface area contributed by atoms with Crippen LogP contribution in [0.15, 0.2) is 36.4 Å². The third-order valence-corrected chi connectivity index (χ3v) is 6.67. The van der Waals surface area contributed by atoms with Gasteiger partial charge in [0, 0.05) is 29.6 Å². The minimum atomic E-state index is -0.888. The quantitative estimate of drug-likeness (QED) is 0.408. The average molecular weight is 428 g/mol. The van der Waals surface area contributed by atoms with Gasteiger partial charge in [0.15, 0.2) is 0 Å². The van der Waals surface area contributed by atoms with Crippen LogP contribution in [-0.2, 0) is 17.3 Å². The van der Waals surface area contributed by atoms with E-state index in [0.717, 1.165) is 12.0 Å². The van der Waals surface area contributed by atoms with E-state index in [0.29, 0.717) is 11.5 Å². The van der Waals surface area contributed by atoms with Crippen LogP contribution in [0, 0.1) is 5.92 Å². The molecule has 0 bridgehead atoms. The Balaban J connectivity index is 0.00000341. The van der Waals surface area contributed by atoms with Gasteiger partial charge in [-0.2, -0.15) is 0 Å². The van der Waals surface area contributed by atoms with Crippen molar-refractivity contribution in [3.63, 3.8) is 0 Å². The van der Waals surface area contributed by atoms with Crippen LogP contribution in [0.3, 0.4) is 0 Å². The fourth-order valence-corrected chi connectivity index (χ4v) is 4.68. The van der Waals surface area contributed by atoms with E-state index in [-0.39, 0.29) is 40.4 Å². The van der Waals surface area contributed by atoms with Gasteiger partial charge in [0.05, 0.1) is 5.56 Å². The number of hydrogen-bond acceptors (Lipinski definition) is 1. The van der Waals surface area contributed by atoms with E-state index in [1.807, 2.05) is 12.1 Å². The molecule has 0 saturated heterocycles. The number of allylic oxidation sites excluding steroid dienone is 1. The monoisotopic (exact) mass is 427 g/mol. The zero-order chi connectivity index (χ0) is 22.3. The van der Waals surface area contributed by atoms with Crippen LogP contribution in [0.1, 0.15) is 99.5 Å². The van der Waals surface area contributed by atoms with Gasteiger partial charge in [-0.25, -0.2) is 4.79 Å². The SMILES string of the molecule is CC(=Cc1ccc(C(=O)O)cc1)c1cc2c(cc1CC(C)C)C(C)(C)CCC2(C)C.[Na]. The molecule has 0 atom stereocenters. The van der Waals surface area contributed by atoms with E-state index < -0.39 is 5.97 Å². The number of rotatable bonds is 5. The zero-order valence-corrected chi connectivity index (χ0v) is 22.6. The summed E-state index contributed by atoms with van der Waals surface area (Å²) in [4.78, 5) is 11.1. The predicted octanol–water partition coefficient (Wildman–Crippen LogP) is 7.11. The van der Waals surface area contributed by atoms with Crippen molar-refractivity contribution in [2.24, 2.45) is 5.92 Å². The number of carbonyl (C=O) groups is 1. The Kier molecular flexibility index (Phi) is 8.06. The minimum Gasteiger partial charge on any atom is -0.478 e. The van der Waals surface area contributed by atoms with Crippen LogP contribution < -0.4 is 0 Å². The van der Waals surface area contributed by atoms with Crippen molar-refractivity contribution in [2.75, 3.05) is 0 Å². The molecule has 0 spiro atoms. The maximum absolute atomic E-state index is 11.1. The average Bonchev–Trinajstić information content (AvgIpc) is 2.65. The number of carboxylic acids is 1. The third-order valence-electron chi connectivity index (χ3n) is 6.67. The molecule has 0 aromatic heterocycles. The molecule has 3 rings (SSSR count). The first-order chi connectivity index (χ1) is 13.9. The van der Waals surface area contributed by atoms with E-state index in [2.05, 4.69) is 66.7 Å². The fourth-order valence-electron chi connectivity index (χ4n) is 4.68. The van der Waals surface area contributed by atoms with Gasteiger partial charge < -0.3 is 5.11 Å². The molecule has 0 amide bonds. The molecule has 0 heterocycles. The topological polar surface area (TPSA) is 37.3 Å². The normalized spacial score (nSPS) is 17.1. The first-order valence-electron chi connectivity index (χ1n) is 11.1. The second-order valence-electron chi connectivity index (χ2n) is 10.7. The molecule has 3 heteroatoms. The molecule has 31 heavy (non-hydrogen) atoms. The van der Waals surface area contributed by atoms with Crippen LogP contribution in [0.4, 0.5) is 0 Å². The standard InChI is InChI=1S/C28H36O2.Na/c1-18(2)14-22-16-24-25(28(6,7)13-12-27(24,4)5)17-23(22)19(3)15-20-8-10-21(11-9-20)26(29)30;/h8-11,15-18H,12-14H2,1-7H3,(H,29,30);. The van der Waals surface area contributed by atoms with Crippen molar-refractivity contribution >= 4 is 47.2 Å². The Morgan fingerprint density at radius 3 is 2.00 bits per heavy atom. The second-order valence-corrected chi connectivity index (χ2v) is 10.7. The van der Waals surface area contributed by atoms with E-state index in [1.54, 1.807) is 12.1 Å². The van der Waals surface area contributed by atoms with Gasteiger partial charge in [-0.05, 0) is 88.5 Å². The van der Waals surface area contributed by atoms with Gasteiger partial charge in [0.1, 0.15) is 0 Å². The molecule has 1 aliphatic rings. The van der Waals surface area contributed by atoms with Crippen LogP contribution >= 0.6 is 0 Å². The van der Waals surface area contributed by atoms with E-state index in [9.17, 15) is 4.79 Å². The number of aromatic carboxylic acids is 1. The molecule has 0 aliphatic heterocycles. The van der Waals surface area contributed by atoms with Crippen molar-refractivity contribution in [3.05, 3.63) is 69.8 Å². The number of hydrogen-bond donors (Lipinski definition) is 1. The first kappa shape index (κ1) is 25.9. The summed E-state index contributed by atoms with van der Waals surface area (Å²) >= 11 is 0. The Labute approximate surface area is 210 Å². The van der Waals surface area contributed by atoms with Gasteiger partial charge in [0.2, 0.25) is 0 Å². The second kappa shape index (κ2) is 9.65. The summed E-state index contributed by atoms with van der Waals surface area (Å²) < 4.78 is 0. The van der Waals surface area contributed by atoms with E-state index >= 15 is 0 Å². The van der Waals surface area contributed by atoms with Gasteiger partial charge in [-0.3, -0.25) is 0 Å². The molecule has 2 aromatic carbocycles. The summed E-state index contributed by atoms with van der Waals surface area (Å²) in [5.74, 6) is -0.301. The van der Waals surface area contributed by atoms with E-state index in [4.69, 9.17) is 5.11 Å². The Hall–Kier alpha value is -1.35. The van der Waals surface area contributed by atoms with Crippen LogP contribution in [0.5, 0.6) is 0 Å². The first-order valence-corrected chi connectivity index (χ1v) is 11.1. The molecular formula is C28H36NaO2. The Morgan fingerprint density at radius 1 is 1.00 bits per heavy atom. The van der Waals surface area contributed by atoms with Gasteiger partial charge in [0.25, 0.3) is 0 Å². The molecule has 2 nitrogen and oxygen atoms in total. The molecule has 1 radical (unpaired) electrons. The van der Waals surface area contributed by atoms with Crippen LogP contribution in [-0.4, -0.2) is 40.6 Å². The summed E-state index contributed by atoms with van der Waals surface area (Å²) in [6, 6.07) is 12.1. The Bertz CT molecular complexity index is 979. The van der Waals surface area contributed by atoms with Crippen LogP contribution in [0.2, 0.25) is 0 Å². The third kappa shape index (κ3) is 5.72. The zero-order valence-electron chi connectivity index (χ0n) is 20.6.